The van der Waals surface area contributed by atoms with Gasteiger partial charge in [0.05, 0.1) is 5.75 Å². The lowest BCUT2D eigenvalue weighted by Crippen LogP contribution is -2.38. The Morgan fingerprint density at radius 1 is 1.08 bits per heavy atom. The van der Waals surface area contributed by atoms with E-state index in [4.69, 9.17) is 0 Å². The Balaban J connectivity index is 1.28. The molecule has 0 radical (unpaired) electrons. The summed E-state index contributed by atoms with van der Waals surface area (Å²) in [5.74, 6) is 1.54. The van der Waals surface area contributed by atoms with Crippen molar-refractivity contribution in [2.45, 2.75) is 50.3 Å². The van der Waals surface area contributed by atoms with Crippen LogP contribution in [0.3, 0.4) is 0 Å². The molecule has 0 atom stereocenters. The van der Waals surface area contributed by atoms with Crippen LogP contribution in [0.25, 0.3) is 0 Å². The topological polar surface area (TPSA) is 32.3 Å². The summed E-state index contributed by atoms with van der Waals surface area (Å²) in [6, 6.07) is 10.7. The summed E-state index contributed by atoms with van der Waals surface area (Å²) in [5.41, 5.74) is 1.40. The fraction of sp³-hybridized carbons (Fsp3) is 0.650. The van der Waals surface area contributed by atoms with Crippen molar-refractivity contribution in [2.75, 3.05) is 25.4 Å². The van der Waals surface area contributed by atoms with Gasteiger partial charge in [-0.15, -0.1) is 11.8 Å². The molecule has 1 aliphatic carbocycles. The molecule has 1 aromatic carbocycles. The maximum atomic E-state index is 12.0. The lowest BCUT2D eigenvalue weighted by atomic mass is 9.96. The van der Waals surface area contributed by atoms with Gasteiger partial charge in [0.2, 0.25) is 5.91 Å². The second kappa shape index (κ2) is 9.47. The maximum Gasteiger partial charge on any atom is 0.230 e. The molecule has 132 valence electrons. The van der Waals surface area contributed by atoms with Gasteiger partial charge in [-0.3, -0.25) is 9.69 Å². The van der Waals surface area contributed by atoms with Gasteiger partial charge in [0.1, 0.15) is 0 Å². The Bertz CT molecular complexity index is 494. The number of thioether (sulfide) groups is 1. The predicted octanol–water partition coefficient (Wildman–Crippen LogP) is 3.69. The highest BCUT2D eigenvalue weighted by Crippen LogP contribution is 2.29. The molecule has 0 spiro atoms. The monoisotopic (exact) mass is 346 g/mol. The van der Waals surface area contributed by atoms with E-state index in [0.29, 0.717) is 11.7 Å². The summed E-state index contributed by atoms with van der Waals surface area (Å²) in [6.07, 6.45) is 7.70. The summed E-state index contributed by atoms with van der Waals surface area (Å²) in [4.78, 5) is 14.5. The molecule has 1 aliphatic heterocycles. The first kappa shape index (κ1) is 17.8. The van der Waals surface area contributed by atoms with Gasteiger partial charge in [-0.25, -0.2) is 0 Å². The van der Waals surface area contributed by atoms with Gasteiger partial charge in [0.25, 0.3) is 0 Å². The molecule has 3 nitrogen and oxygen atoms in total. The number of hydrogen-bond donors (Lipinski definition) is 1. The van der Waals surface area contributed by atoms with Crippen LogP contribution in [0.15, 0.2) is 30.3 Å². The summed E-state index contributed by atoms with van der Waals surface area (Å²) in [6.45, 7) is 4.21. The first-order valence-electron chi connectivity index (χ1n) is 9.44. The Hall–Kier alpha value is -1.00. The van der Waals surface area contributed by atoms with Crippen molar-refractivity contribution in [3.8, 4) is 0 Å². The van der Waals surface area contributed by atoms with Gasteiger partial charge in [0.15, 0.2) is 0 Å². The summed E-state index contributed by atoms with van der Waals surface area (Å²) >= 11 is 1.86. The standard InChI is InChI=1S/C20H30N2OS/c23-20(16-24-19-8-4-5-9-19)21-14-17-10-12-22(13-11-17)15-18-6-2-1-3-7-18/h1-3,6-7,17,19H,4-5,8-16H2,(H,21,23). The number of amides is 1. The maximum absolute atomic E-state index is 12.0. The molecule has 1 saturated heterocycles. The number of benzene rings is 1. The highest BCUT2D eigenvalue weighted by atomic mass is 32.2. The molecular weight excluding hydrogens is 316 g/mol. The Morgan fingerprint density at radius 3 is 2.50 bits per heavy atom. The fourth-order valence-electron chi connectivity index (χ4n) is 3.75. The van der Waals surface area contributed by atoms with Gasteiger partial charge in [-0.2, -0.15) is 0 Å². The first-order valence-corrected chi connectivity index (χ1v) is 10.5. The van der Waals surface area contributed by atoms with Crippen LogP contribution in [0.5, 0.6) is 0 Å². The lowest BCUT2D eigenvalue weighted by molar-refractivity contribution is -0.118. The van der Waals surface area contributed by atoms with Crippen molar-refractivity contribution >= 4 is 17.7 Å². The summed E-state index contributed by atoms with van der Waals surface area (Å²) < 4.78 is 0. The van der Waals surface area contributed by atoms with Gasteiger partial charge in [-0.1, -0.05) is 43.2 Å². The Kier molecular flexibility index (Phi) is 7.03. The van der Waals surface area contributed by atoms with E-state index >= 15 is 0 Å². The second-order valence-electron chi connectivity index (χ2n) is 7.23. The van der Waals surface area contributed by atoms with Crippen LogP contribution in [0.1, 0.15) is 44.1 Å². The molecule has 3 rings (SSSR count). The van der Waals surface area contributed by atoms with Crippen LogP contribution >= 0.6 is 11.8 Å². The molecule has 4 heteroatoms. The van der Waals surface area contributed by atoms with E-state index in [1.807, 2.05) is 11.8 Å². The third-order valence-electron chi connectivity index (χ3n) is 5.30. The molecule has 0 aromatic heterocycles. The van der Waals surface area contributed by atoms with Crippen LogP contribution in [-0.4, -0.2) is 41.4 Å². The van der Waals surface area contributed by atoms with Crippen LogP contribution in [0, 0.1) is 5.92 Å². The molecule has 2 aliphatic rings. The number of piperidine rings is 1. The number of carbonyl (C=O) groups excluding carboxylic acids is 1. The van der Waals surface area contributed by atoms with Crippen LogP contribution in [-0.2, 0) is 11.3 Å². The smallest absolute Gasteiger partial charge is 0.230 e. The van der Waals surface area contributed by atoms with Crippen molar-refractivity contribution in [3.05, 3.63) is 35.9 Å². The number of likely N-dealkylation sites (tertiary alicyclic amines) is 1. The largest absolute Gasteiger partial charge is 0.355 e. The van der Waals surface area contributed by atoms with Crippen molar-refractivity contribution in [2.24, 2.45) is 5.92 Å². The minimum absolute atomic E-state index is 0.235. The summed E-state index contributed by atoms with van der Waals surface area (Å²) in [7, 11) is 0. The zero-order valence-corrected chi connectivity index (χ0v) is 15.4. The van der Waals surface area contributed by atoms with Gasteiger partial charge in [0, 0.05) is 18.3 Å². The third kappa shape index (κ3) is 5.82. The molecular formula is C20H30N2OS. The third-order valence-corrected chi connectivity index (χ3v) is 6.67. The van der Waals surface area contributed by atoms with Gasteiger partial charge >= 0.3 is 0 Å². The predicted molar refractivity (Wildman–Crippen MR) is 102 cm³/mol. The quantitative estimate of drug-likeness (QED) is 0.817. The zero-order valence-electron chi connectivity index (χ0n) is 14.6. The Labute approximate surface area is 150 Å². The van der Waals surface area contributed by atoms with Crippen LogP contribution in [0.2, 0.25) is 0 Å². The molecule has 0 unspecified atom stereocenters. The van der Waals surface area contributed by atoms with E-state index in [9.17, 15) is 4.79 Å². The average molecular weight is 347 g/mol. The highest BCUT2D eigenvalue weighted by Gasteiger charge is 2.20. The molecule has 1 saturated carbocycles. The molecule has 24 heavy (non-hydrogen) atoms. The minimum atomic E-state index is 0.235. The zero-order chi connectivity index (χ0) is 16.6. The van der Waals surface area contributed by atoms with Crippen LogP contribution < -0.4 is 5.32 Å². The molecule has 2 fully saturated rings. The van der Waals surface area contributed by atoms with E-state index in [1.54, 1.807) is 0 Å². The number of nitrogens with zero attached hydrogens (tertiary/aromatic N) is 1. The molecule has 1 aromatic rings. The number of rotatable bonds is 7. The number of carbonyl (C=O) groups is 1. The highest BCUT2D eigenvalue weighted by molar-refractivity contribution is 8.00. The number of hydrogen-bond acceptors (Lipinski definition) is 3. The minimum Gasteiger partial charge on any atom is -0.355 e. The summed E-state index contributed by atoms with van der Waals surface area (Å²) in [5, 5.41) is 3.90. The lowest BCUT2D eigenvalue weighted by Gasteiger charge is -2.32. The fourth-order valence-corrected chi connectivity index (χ4v) is 4.90. The van der Waals surface area contributed by atoms with Gasteiger partial charge < -0.3 is 5.32 Å². The molecule has 1 amide bonds. The normalized spacial score (nSPS) is 20.3. The van der Waals surface area contributed by atoms with Gasteiger partial charge in [-0.05, 0) is 50.3 Å². The van der Waals surface area contributed by atoms with E-state index < -0.39 is 0 Å². The Morgan fingerprint density at radius 2 is 1.79 bits per heavy atom. The van der Waals surface area contributed by atoms with Crippen molar-refractivity contribution < 1.29 is 4.79 Å². The average Bonchev–Trinajstić information content (AvgIpc) is 3.14. The van der Waals surface area contributed by atoms with Crippen LogP contribution in [0.4, 0.5) is 0 Å². The van der Waals surface area contributed by atoms with E-state index in [-0.39, 0.29) is 5.91 Å². The second-order valence-corrected chi connectivity index (χ2v) is 8.52. The number of nitrogens with one attached hydrogen (secondary N) is 1. The van der Waals surface area contributed by atoms with Crippen molar-refractivity contribution in [3.63, 3.8) is 0 Å². The molecule has 1 heterocycles. The molecule has 0 bridgehead atoms. The first-order chi connectivity index (χ1) is 11.8. The SMILES string of the molecule is O=C(CSC1CCCC1)NCC1CCN(Cc2ccccc2)CC1. The molecule has 1 N–H and O–H groups in total. The van der Waals surface area contributed by atoms with E-state index in [0.717, 1.165) is 31.4 Å². The van der Waals surface area contributed by atoms with Crippen molar-refractivity contribution in [1.82, 2.24) is 10.2 Å². The van der Waals surface area contributed by atoms with E-state index in [1.165, 1.54) is 44.1 Å². The van der Waals surface area contributed by atoms with E-state index in [2.05, 4.69) is 40.5 Å². The van der Waals surface area contributed by atoms with Crippen molar-refractivity contribution in [1.29, 1.82) is 0 Å².